The molecule has 4 saturated carbocycles. The van der Waals surface area contributed by atoms with E-state index < -0.39 is 29.7 Å². The first kappa shape index (κ1) is 24.1. The van der Waals surface area contributed by atoms with Crippen LogP contribution in [0.2, 0.25) is 0 Å². The molecule has 34 heavy (non-hydrogen) atoms. The number of fused-ring (bicyclic) bond motifs is 7. The van der Waals surface area contributed by atoms with Gasteiger partial charge >= 0.3 is 0 Å². The predicted octanol–water partition coefficient (Wildman–Crippen LogP) is 3.24. The van der Waals surface area contributed by atoms with Crippen molar-refractivity contribution in [2.24, 2.45) is 46.3 Å². The molecule has 4 aliphatic carbocycles. The molecule has 14 atom stereocenters. The fraction of sp³-hybridized carbons (Fsp3) is 1.00. The van der Waals surface area contributed by atoms with Gasteiger partial charge in [0.2, 0.25) is 0 Å². The zero-order valence-corrected chi connectivity index (χ0v) is 21.8. The van der Waals surface area contributed by atoms with Gasteiger partial charge in [0.25, 0.3) is 0 Å². The lowest BCUT2D eigenvalue weighted by molar-refractivity contribution is -0.300. The van der Waals surface area contributed by atoms with E-state index in [4.69, 9.17) is 9.47 Å². The van der Waals surface area contributed by atoms with Crippen LogP contribution in [0.5, 0.6) is 0 Å². The van der Waals surface area contributed by atoms with Crippen molar-refractivity contribution in [2.75, 3.05) is 0 Å². The lowest BCUT2D eigenvalue weighted by Gasteiger charge is -2.63. The maximum Gasteiger partial charge on any atom is 0.198 e. The SMILES string of the molecule is C[C@H]1CC2(O[C@H]3CC4C5CCC6C[C@H](O)[C@H](O)C[C@]6(C)C5C(O)C[C@]4(C)C3C2(C)O)OC1(C)C. The molecule has 6 heteroatoms. The van der Waals surface area contributed by atoms with Crippen molar-refractivity contribution in [1.29, 1.82) is 0 Å². The average molecular weight is 479 g/mol. The first-order chi connectivity index (χ1) is 15.7. The number of aliphatic hydroxyl groups excluding tert-OH is 3. The summed E-state index contributed by atoms with van der Waals surface area (Å²) in [6.45, 7) is 12.8. The largest absolute Gasteiger partial charge is 0.393 e. The lowest BCUT2D eigenvalue weighted by atomic mass is 9.43. The van der Waals surface area contributed by atoms with Crippen LogP contribution in [0, 0.1) is 46.3 Å². The predicted molar refractivity (Wildman–Crippen MR) is 127 cm³/mol. The van der Waals surface area contributed by atoms with E-state index in [2.05, 4.69) is 34.6 Å². The molecule has 2 heterocycles. The van der Waals surface area contributed by atoms with Crippen LogP contribution in [0.15, 0.2) is 0 Å². The standard InChI is InChI=1S/C28H46O6/c1-14-11-28(34-24(14,2)3)27(6,32)23-21(33-28)10-17-16-8-7-15-9-18(29)19(30)12-25(15,4)22(16)20(31)13-26(17,23)5/h14-23,29-32H,7-13H2,1-6H3/t14-,15?,16?,17?,18-,19+,20?,21-,22?,23?,25-,26-,27?,28?/m0/s1. The van der Waals surface area contributed by atoms with Crippen molar-refractivity contribution in [3.8, 4) is 0 Å². The Morgan fingerprint density at radius 1 is 0.794 bits per heavy atom. The summed E-state index contributed by atoms with van der Waals surface area (Å²) in [5.74, 6) is 0.397. The molecule has 0 bridgehead atoms. The second-order valence-electron chi connectivity index (χ2n) is 14.5. The van der Waals surface area contributed by atoms with Crippen LogP contribution in [0.25, 0.3) is 0 Å². The van der Waals surface area contributed by atoms with E-state index in [1.165, 1.54) is 0 Å². The molecule has 0 aromatic heterocycles. The Kier molecular flexibility index (Phi) is 4.96. The summed E-state index contributed by atoms with van der Waals surface area (Å²) in [4.78, 5) is 0. The molecule has 6 rings (SSSR count). The fourth-order valence-electron chi connectivity index (χ4n) is 10.7. The molecule has 194 valence electrons. The van der Waals surface area contributed by atoms with Crippen LogP contribution >= 0.6 is 0 Å². The monoisotopic (exact) mass is 478 g/mol. The second kappa shape index (κ2) is 6.99. The van der Waals surface area contributed by atoms with Gasteiger partial charge in [-0.25, -0.2) is 0 Å². The summed E-state index contributed by atoms with van der Waals surface area (Å²) >= 11 is 0. The summed E-state index contributed by atoms with van der Waals surface area (Å²) in [6.07, 6.45) is 3.60. The first-order valence-electron chi connectivity index (χ1n) is 13.8. The molecule has 0 radical (unpaired) electrons. The highest BCUT2D eigenvalue weighted by Gasteiger charge is 2.77. The van der Waals surface area contributed by atoms with Crippen LogP contribution in [0.3, 0.4) is 0 Å². The Bertz CT molecular complexity index is 858. The van der Waals surface area contributed by atoms with E-state index in [0.29, 0.717) is 43.4 Å². The van der Waals surface area contributed by atoms with Gasteiger partial charge in [-0.3, -0.25) is 0 Å². The third kappa shape index (κ3) is 2.79. The van der Waals surface area contributed by atoms with Crippen molar-refractivity contribution in [3.63, 3.8) is 0 Å². The molecule has 4 N–H and O–H groups in total. The highest BCUT2D eigenvalue weighted by atomic mass is 16.7. The molecule has 0 amide bonds. The molecular weight excluding hydrogens is 432 g/mol. The van der Waals surface area contributed by atoms with Gasteiger partial charge in [0.1, 0.15) is 5.60 Å². The summed E-state index contributed by atoms with van der Waals surface area (Å²) < 4.78 is 13.3. The smallest absolute Gasteiger partial charge is 0.198 e. The molecule has 2 saturated heterocycles. The van der Waals surface area contributed by atoms with Gasteiger partial charge < -0.3 is 29.9 Å². The van der Waals surface area contributed by atoms with E-state index in [9.17, 15) is 20.4 Å². The van der Waals surface area contributed by atoms with Gasteiger partial charge in [-0.2, -0.15) is 0 Å². The molecule has 1 spiro atoms. The van der Waals surface area contributed by atoms with Crippen LogP contribution < -0.4 is 0 Å². The minimum absolute atomic E-state index is 0.0682. The highest BCUT2D eigenvalue weighted by Crippen LogP contribution is 2.72. The zero-order valence-electron chi connectivity index (χ0n) is 21.8. The molecular formula is C28H46O6. The van der Waals surface area contributed by atoms with E-state index >= 15 is 0 Å². The third-order valence-electron chi connectivity index (χ3n) is 12.5. The molecule has 6 aliphatic rings. The van der Waals surface area contributed by atoms with Crippen LogP contribution in [-0.2, 0) is 9.47 Å². The first-order valence-corrected chi connectivity index (χ1v) is 13.8. The zero-order chi connectivity index (χ0) is 24.6. The quantitative estimate of drug-likeness (QED) is 0.427. The van der Waals surface area contributed by atoms with Gasteiger partial charge in [-0.05, 0) is 99.7 Å². The molecule has 0 aromatic rings. The molecule has 8 unspecified atom stereocenters. The van der Waals surface area contributed by atoms with Crippen molar-refractivity contribution in [3.05, 3.63) is 0 Å². The van der Waals surface area contributed by atoms with Gasteiger partial charge in [0.05, 0.1) is 30.0 Å². The number of ether oxygens (including phenoxy) is 2. The van der Waals surface area contributed by atoms with Crippen molar-refractivity contribution in [1.82, 2.24) is 0 Å². The summed E-state index contributed by atoms with van der Waals surface area (Å²) in [7, 11) is 0. The molecule has 0 aromatic carbocycles. The highest BCUT2D eigenvalue weighted by molar-refractivity contribution is 5.22. The number of rotatable bonds is 0. The summed E-state index contributed by atoms with van der Waals surface area (Å²) in [5, 5.41) is 44.8. The molecule has 6 nitrogen and oxygen atoms in total. The topological polar surface area (TPSA) is 99.4 Å². The minimum Gasteiger partial charge on any atom is -0.393 e. The third-order valence-corrected chi connectivity index (χ3v) is 12.5. The normalized spacial score (nSPS) is 64.4. The number of hydrogen-bond donors (Lipinski definition) is 4. The Balaban J connectivity index is 1.34. The van der Waals surface area contributed by atoms with E-state index in [1.807, 2.05) is 6.92 Å². The van der Waals surface area contributed by atoms with E-state index in [-0.39, 0.29) is 40.3 Å². The van der Waals surface area contributed by atoms with Gasteiger partial charge in [-0.15, -0.1) is 0 Å². The summed E-state index contributed by atoms with van der Waals surface area (Å²) in [5.41, 5.74) is -1.87. The van der Waals surface area contributed by atoms with Crippen LogP contribution in [0.4, 0.5) is 0 Å². The average Bonchev–Trinajstić information content (AvgIpc) is 3.20. The van der Waals surface area contributed by atoms with Crippen LogP contribution in [0.1, 0.15) is 86.5 Å². The van der Waals surface area contributed by atoms with E-state index in [0.717, 1.165) is 19.3 Å². The lowest BCUT2D eigenvalue weighted by Crippen LogP contribution is -2.63. The Hall–Kier alpha value is -0.240. The van der Waals surface area contributed by atoms with Crippen LogP contribution in [-0.4, -0.2) is 61.8 Å². The number of aliphatic hydroxyl groups is 4. The second-order valence-corrected chi connectivity index (χ2v) is 14.5. The van der Waals surface area contributed by atoms with Crippen molar-refractivity contribution in [2.45, 2.75) is 128 Å². The Labute approximate surface area is 204 Å². The Morgan fingerprint density at radius 2 is 1.47 bits per heavy atom. The maximum absolute atomic E-state index is 12.2. The van der Waals surface area contributed by atoms with Gasteiger partial charge in [0, 0.05) is 12.3 Å². The van der Waals surface area contributed by atoms with Gasteiger partial charge in [-0.1, -0.05) is 20.8 Å². The minimum atomic E-state index is -1.12. The molecule has 6 fully saturated rings. The van der Waals surface area contributed by atoms with E-state index in [1.54, 1.807) is 0 Å². The van der Waals surface area contributed by atoms with Crippen molar-refractivity contribution < 1.29 is 29.9 Å². The molecule has 2 aliphatic heterocycles. The summed E-state index contributed by atoms with van der Waals surface area (Å²) in [6, 6.07) is 0. The van der Waals surface area contributed by atoms with Crippen molar-refractivity contribution >= 4 is 0 Å². The van der Waals surface area contributed by atoms with Gasteiger partial charge in [0.15, 0.2) is 5.79 Å². The maximum atomic E-state index is 12.2. The fourth-order valence-corrected chi connectivity index (χ4v) is 10.7. The number of hydrogen-bond acceptors (Lipinski definition) is 6. The Morgan fingerprint density at radius 3 is 2.12 bits per heavy atom.